The fourth-order valence-electron chi connectivity index (χ4n) is 3.26. The average Bonchev–Trinajstić information content (AvgIpc) is 3.24. The number of ether oxygens (including phenoxy) is 1. The SMILES string of the molecule is CN(C)CCc1cn(S(=O)(=O)c2ccc3c(c2)CCO3)c2cccnc12. The van der Waals surface area contributed by atoms with Crippen LogP contribution >= 0.6 is 0 Å². The van der Waals surface area contributed by atoms with E-state index in [0.29, 0.717) is 12.1 Å². The molecule has 0 spiro atoms. The lowest BCUT2D eigenvalue weighted by atomic mass is 10.2. The normalized spacial score (nSPS) is 14.0. The van der Waals surface area contributed by atoms with E-state index in [-0.39, 0.29) is 4.90 Å². The number of hydrogen-bond acceptors (Lipinski definition) is 5. The first-order valence-corrected chi connectivity index (χ1v) is 10.0. The van der Waals surface area contributed by atoms with Crippen molar-refractivity contribution < 1.29 is 13.2 Å². The van der Waals surface area contributed by atoms with E-state index in [0.717, 1.165) is 41.8 Å². The molecule has 0 saturated carbocycles. The van der Waals surface area contributed by atoms with E-state index >= 15 is 0 Å². The molecule has 3 aromatic rings. The summed E-state index contributed by atoms with van der Waals surface area (Å²) in [7, 11) is 0.295. The van der Waals surface area contributed by atoms with Gasteiger partial charge in [0.1, 0.15) is 5.75 Å². The number of fused-ring (bicyclic) bond motifs is 2. The van der Waals surface area contributed by atoms with Crippen LogP contribution < -0.4 is 4.74 Å². The van der Waals surface area contributed by atoms with Crippen LogP contribution in [0.4, 0.5) is 0 Å². The van der Waals surface area contributed by atoms with Crippen LogP contribution in [0.3, 0.4) is 0 Å². The summed E-state index contributed by atoms with van der Waals surface area (Å²) in [6.07, 6.45) is 4.88. The second-order valence-corrected chi connectivity index (χ2v) is 8.56. The van der Waals surface area contributed by atoms with Gasteiger partial charge in [0.15, 0.2) is 0 Å². The molecule has 0 amide bonds. The Bertz CT molecular complexity index is 1070. The molecule has 2 aromatic heterocycles. The number of likely N-dealkylation sites (N-methyl/N-ethyl adjacent to an activating group) is 1. The highest BCUT2D eigenvalue weighted by Gasteiger charge is 2.24. The van der Waals surface area contributed by atoms with Crippen molar-refractivity contribution >= 4 is 21.1 Å². The van der Waals surface area contributed by atoms with Gasteiger partial charge in [0.05, 0.1) is 22.5 Å². The minimum absolute atomic E-state index is 0.279. The van der Waals surface area contributed by atoms with Crippen LogP contribution in [0.15, 0.2) is 47.6 Å². The van der Waals surface area contributed by atoms with E-state index in [4.69, 9.17) is 4.74 Å². The second kappa shape index (κ2) is 6.41. The van der Waals surface area contributed by atoms with Crippen molar-refractivity contribution in [1.82, 2.24) is 13.9 Å². The van der Waals surface area contributed by atoms with Gasteiger partial charge in [-0.3, -0.25) is 4.98 Å². The van der Waals surface area contributed by atoms with Crippen molar-refractivity contribution in [3.05, 3.63) is 53.9 Å². The Morgan fingerprint density at radius 2 is 2.12 bits per heavy atom. The quantitative estimate of drug-likeness (QED) is 0.689. The Morgan fingerprint density at radius 1 is 1.27 bits per heavy atom. The second-order valence-electron chi connectivity index (χ2n) is 6.75. The number of aromatic nitrogens is 2. The molecule has 0 fully saturated rings. The maximum Gasteiger partial charge on any atom is 0.268 e. The van der Waals surface area contributed by atoms with Gasteiger partial charge in [-0.2, -0.15) is 0 Å². The van der Waals surface area contributed by atoms with Gasteiger partial charge in [0, 0.05) is 25.4 Å². The lowest BCUT2D eigenvalue weighted by Gasteiger charge is -2.09. The summed E-state index contributed by atoms with van der Waals surface area (Å²) in [5, 5.41) is 0. The topological polar surface area (TPSA) is 64.4 Å². The van der Waals surface area contributed by atoms with Crippen molar-refractivity contribution in [1.29, 1.82) is 0 Å². The number of rotatable bonds is 5. The Labute approximate surface area is 153 Å². The first kappa shape index (κ1) is 17.1. The zero-order chi connectivity index (χ0) is 18.3. The minimum Gasteiger partial charge on any atom is -0.493 e. The predicted molar refractivity (Wildman–Crippen MR) is 100 cm³/mol. The highest BCUT2D eigenvalue weighted by molar-refractivity contribution is 7.90. The Kier molecular flexibility index (Phi) is 4.20. The van der Waals surface area contributed by atoms with Crippen molar-refractivity contribution in [3.8, 4) is 5.75 Å². The van der Waals surface area contributed by atoms with E-state index in [9.17, 15) is 8.42 Å². The molecule has 0 aliphatic carbocycles. The third-order valence-electron chi connectivity index (χ3n) is 4.65. The lowest BCUT2D eigenvalue weighted by molar-refractivity contribution is 0.356. The molecular weight excluding hydrogens is 350 g/mol. The van der Waals surface area contributed by atoms with Crippen molar-refractivity contribution in [2.75, 3.05) is 27.2 Å². The lowest BCUT2D eigenvalue weighted by Crippen LogP contribution is -2.15. The molecule has 0 radical (unpaired) electrons. The molecule has 26 heavy (non-hydrogen) atoms. The Balaban J connectivity index is 1.82. The molecule has 1 aliphatic rings. The minimum atomic E-state index is -3.70. The van der Waals surface area contributed by atoms with Gasteiger partial charge in [-0.05, 0) is 62.0 Å². The molecule has 136 valence electrons. The summed E-state index contributed by atoms with van der Waals surface area (Å²) in [6, 6.07) is 8.64. The van der Waals surface area contributed by atoms with Gasteiger partial charge in [0.25, 0.3) is 10.0 Å². The number of nitrogens with zero attached hydrogens (tertiary/aromatic N) is 3. The summed E-state index contributed by atoms with van der Waals surface area (Å²) in [5.74, 6) is 0.773. The Hall–Kier alpha value is -2.38. The predicted octanol–water partition coefficient (Wildman–Crippen LogP) is 2.31. The van der Waals surface area contributed by atoms with Gasteiger partial charge >= 0.3 is 0 Å². The number of benzene rings is 1. The Morgan fingerprint density at radius 3 is 2.92 bits per heavy atom. The molecule has 4 rings (SSSR count). The van der Waals surface area contributed by atoms with Crippen LogP contribution in [-0.2, 0) is 22.9 Å². The zero-order valence-electron chi connectivity index (χ0n) is 14.8. The van der Waals surface area contributed by atoms with E-state index < -0.39 is 10.0 Å². The molecule has 6 nitrogen and oxygen atoms in total. The molecule has 3 heterocycles. The monoisotopic (exact) mass is 371 g/mol. The van der Waals surface area contributed by atoms with E-state index in [1.54, 1.807) is 42.7 Å². The van der Waals surface area contributed by atoms with Crippen molar-refractivity contribution in [2.45, 2.75) is 17.7 Å². The third kappa shape index (κ3) is 2.87. The van der Waals surface area contributed by atoms with Crippen molar-refractivity contribution in [3.63, 3.8) is 0 Å². The smallest absolute Gasteiger partial charge is 0.268 e. The largest absolute Gasteiger partial charge is 0.493 e. The van der Waals surface area contributed by atoms with Crippen LogP contribution in [0.25, 0.3) is 11.0 Å². The van der Waals surface area contributed by atoms with Crippen LogP contribution in [0.1, 0.15) is 11.1 Å². The summed E-state index contributed by atoms with van der Waals surface area (Å²) < 4.78 is 33.4. The first-order valence-electron chi connectivity index (χ1n) is 8.58. The number of hydrogen-bond donors (Lipinski definition) is 0. The van der Waals surface area contributed by atoms with Crippen LogP contribution in [0.5, 0.6) is 5.75 Å². The van der Waals surface area contributed by atoms with Crippen LogP contribution in [0.2, 0.25) is 0 Å². The molecule has 0 unspecified atom stereocenters. The summed E-state index contributed by atoms with van der Waals surface area (Å²) in [6.45, 7) is 1.43. The van der Waals surface area contributed by atoms with Crippen molar-refractivity contribution in [2.24, 2.45) is 0 Å². The first-order chi connectivity index (χ1) is 12.5. The maximum absolute atomic E-state index is 13.3. The fraction of sp³-hybridized carbons (Fsp3) is 0.316. The molecule has 1 aliphatic heterocycles. The zero-order valence-corrected chi connectivity index (χ0v) is 15.7. The standard InChI is InChI=1S/C19H21N3O3S/c1-21(2)10-7-15-13-22(17-4-3-9-20-19(15)17)26(23,24)16-5-6-18-14(12-16)8-11-25-18/h3-6,9,12-13H,7-8,10-11H2,1-2H3. The third-order valence-corrected chi connectivity index (χ3v) is 6.32. The van der Waals surface area contributed by atoms with E-state index in [2.05, 4.69) is 9.88 Å². The molecule has 0 N–H and O–H groups in total. The van der Waals surface area contributed by atoms with Gasteiger partial charge in [-0.15, -0.1) is 0 Å². The molecule has 0 atom stereocenters. The fourth-order valence-corrected chi connectivity index (χ4v) is 4.69. The maximum atomic E-state index is 13.3. The summed E-state index contributed by atoms with van der Waals surface area (Å²) >= 11 is 0. The van der Waals surface area contributed by atoms with Gasteiger partial charge in [-0.1, -0.05) is 0 Å². The van der Waals surface area contributed by atoms with Gasteiger partial charge in [0.2, 0.25) is 0 Å². The average molecular weight is 371 g/mol. The van der Waals surface area contributed by atoms with Crippen LogP contribution in [-0.4, -0.2) is 49.5 Å². The van der Waals surface area contributed by atoms with Gasteiger partial charge < -0.3 is 9.64 Å². The highest BCUT2D eigenvalue weighted by Crippen LogP contribution is 2.30. The molecule has 1 aromatic carbocycles. The molecular formula is C19H21N3O3S. The van der Waals surface area contributed by atoms with Gasteiger partial charge in [-0.25, -0.2) is 12.4 Å². The van der Waals surface area contributed by atoms with E-state index in [1.807, 2.05) is 14.1 Å². The highest BCUT2D eigenvalue weighted by atomic mass is 32.2. The molecule has 0 bridgehead atoms. The summed E-state index contributed by atoms with van der Waals surface area (Å²) in [5.41, 5.74) is 3.22. The number of pyridine rings is 1. The summed E-state index contributed by atoms with van der Waals surface area (Å²) in [4.78, 5) is 6.77. The molecule has 0 saturated heterocycles. The van der Waals surface area contributed by atoms with Crippen LogP contribution in [0, 0.1) is 0 Å². The molecule has 7 heteroatoms. The van der Waals surface area contributed by atoms with E-state index in [1.165, 1.54) is 3.97 Å².